The monoisotopic (exact) mass is 333 g/mol. The fourth-order valence-electron chi connectivity index (χ4n) is 1.08. The lowest BCUT2D eigenvalue weighted by Gasteiger charge is -2.11. The van der Waals surface area contributed by atoms with Gasteiger partial charge in [0.05, 0.1) is 0 Å². The third-order valence-electron chi connectivity index (χ3n) is 2.04. The normalized spacial score (nSPS) is 12.3. The van der Waals surface area contributed by atoms with Gasteiger partial charge in [0, 0.05) is 21.4 Å². The van der Waals surface area contributed by atoms with E-state index in [1.54, 1.807) is 0 Å². The van der Waals surface area contributed by atoms with Gasteiger partial charge in [0.15, 0.2) is 0 Å². The number of hydrogen-bond donors (Lipinski definition) is 1. The number of hydrogen-bond acceptors (Lipinski definition) is 1. The molecule has 4 heteroatoms. The number of aryl methyl sites for hydroxylation is 1. The Morgan fingerprint density at radius 3 is 2.73 bits per heavy atom. The molecule has 0 saturated carbocycles. The molecule has 1 unspecified atom stereocenters. The van der Waals surface area contributed by atoms with E-state index in [9.17, 15) is 4.79 Å². The van der Waals surface area contributed by atoms with Crippen molar-refractivity contribution in [3.63, 3.8) is 0 Å². The van der Waals surface area contributed by atoms with Crippen LogP contribution in [0, 0.1) is 6.92 Å². The largest absolute Gasteiger partial charge is 0.349 e. The van der Waals surface area contributed by atoms with Crippen molar-refractivity contribution in [1.29, 1.82) is 0 Å². The first-order valence-electron chi connectivity index (χ1n) is 4.67. The molecule has 0 bridgehead atoms. The highest BCUT2D eigenvalue weighted by Gasteiger charge is 2.09. The molecule has 15 heavy (non-hydrogen) atoms. The van der Waals surface area contributed by atoms with Crippen LogP contribution in [0.2, 0.25) is 0 Å². The molecule has 1 amide bonds. The summed E-state index contributed by atoms with van der Waals surface area (Å²) in [4.78, 5) is 11.7. The van der Waals surface area contributed by atoms with E-state index < -0.39 is 0 Å². The molecule has 0 spiro atoms. The second-order valence-corrected chi connectivity index (χ2v) is 4.99. The highest BCUT2D eigenvalue weighted by molar-refractivity contribution is 9.10. The molecule has 1 N–H and O–H groups in total. The molecule has 0 aliphatic heterocycles. The minimum Gasteiger partial charge on any atom is -0.349 e. The van der Waals surface area contributed by atoms with Crippen LogP contribution in [0.5, 0.6) is 0 Å². The molecular formula is C11H13Br2NO. The molecule has 0 aliphatic carbocycles. The van der Waals surface area contributed by atoms with E-state index in [4.69, 9.17) is 0 Å². The van der Waals surface area contributed by atoms with Gasteiger partial charge in [-0.1, -0.05) is 37.9 Å². The molecule has 0 radical (unpaired) electrons. The van der Waals surface area contributed by atoms with Crippen molar-refractivity contribution in [2.45, 2.75) is 19.9 Å². The summed E-state index contributed by atoms with van der Waals surface area (Å²) in [5, 5.41) is 3.64. The Morgan fingerprint density at radius 1 is 1.53 bits per heavy atom. The minimum atomic E-state index is -0.0392. The molecule has 0 aromatic heterocycles. The zero-order valence-electron chi connectivity index (χ0n) is 8.68. The molecular weight excluding hydrogens is 322 g/mol. The molecule has 0 saturated heterocycles. The Kier molecular flexibility index (Phi) is 4.80. The van der Waals surface area contributed by atoms with Gasteiger partial charge in [0.2, 0.25) is 0 Å². The maximum Gasteiger partial charge on any atom is 0.251 e. The van der Waals surface area contributed by atoms with Crippen LogP contribution in [0.25, 0.3) is 0 Å². The Morgan fingerprint density at radius 2 is 2.20 bits per heavy atom. The van der Waals surface area contributed by atoms with Gasteiger partial charge in [-0.05, 0) is 31.5 Å². The summed E-state index contributed by atoms with van der Waals surface area (Å²) in [6.45, 7) is 3.95. The maximum absolute atomic E-state index is 11.7. The number of carbonyl (C=O) groups is 1. The summed E-state index contributed by atoms with van der Waals surface area (Å²) in [5.74, 6) is -0.0392. The Bertz CT molecular complexity index is 366. The van der Waals surface area contributed by atoms with E-state index in [1.807, 2.05) is 32.0 Å². The summed E-state index contributed by atoms with van der Waals surface area (Å²) in [7, 11) is 0. The lowest BCUT2D eigenvalue weighted by Crippen LogP contribution is -2.33. The van der Waals surface area contributed by atoms with E-state index in [2.05, 4.69) is 37.2 Å². The number of alkyl halides is 1. The molecule has 0 aliphatic rings. The quantitative estimate of drug-likeness (QED) is 0.844. The molecule has 1 rings (SSSR count). The van der Waals surface area contributed by atoms with Crippen molar-refractivity contribution in [3.05, 3.63) is 33.8 Å². The van der Waals surface area contributed by atoms with Crippen LogP contribution in [0.15, 0.2) is 22.7 Å². The van der Waals surface area contributed by atoms with Crippen LogP contribution < -0.4 is 5.32 Å². The van der Waals surface area contributed by atoms with Gasteiger partial charge in [-0.25, -0.2) is 0 Å². The predicted molar refractivity (Wildman–Crippen MR) is 69.6 cm³/mol. The van der Waals surface area contributed by atoms with Crippen LogP contribution in [-0.4, -0.2) is 17.3 Å². The summed E-state index contributed by atoms with van der Waals surface area (Å²) < 4.78 is 0.960. The van der Waals surface area contributed by atoms with Gasteiger partial charge in [0.25, 0.3) is 5.91 Å². The number of nitrogens with one attached hydrogen (secondary N) is 1. The number of carbonyl (C=O) groups excluding carboxylic acids is 1. The van der Waals surface area contributed by atoms with Crippen molar-refractivity contribution in [1.82, 2.24) is 5.32 Å². The van der Waals surface area contributed by atoms with E-state index >= 15 is 0 Å². The maximum atomic E-state index is 11.7. The van der Waals surface area contributed by atoms with Gasteiger partial charge in [0.1, 0.15) is 0 Å². The topological polar surface area (TPSA) is 29.1 Å². The smallest absolute Gasteiger partial charge is 0.251 e. The van der Waals surface area contributed by atoms with Gasteiger partial charge in [-0.2, -0.15) is 0 Å². The van der Waals surface area contributed by atoms with Crippen molar-refractivity contribution in [2.24, 2.45) is 0 Å². The van der Waals surface area contributed by atoms with Crippen molar-refractivity contribution in [2.75, 3.05) is 5.33 Å². The van der Waals surface area contributed by atoms with E-state index in [0.717, 1.165) is 15.4 Å². The number of amides is 1. The lowest BCUT2D eigenvalue weighted by molar-refractivity contribution is 0.0944. The number of halogens is 2. The minimum absolute atomic E-state index is 0.0392. The standard InChI is InChI=1S/C11H13Br2NO/c1-7-3-4-9(5-10(7)13)11(15)14-8(2)6-12/h3-5,8H,6H2,1-2H3,(H,14,15). The van der Waals surface area contributed by atoms with Crippen LogP contribution in [0.4, 0.5) is 0 Å². The average Bonchev–Trinajstić information content (AvgIpc) is 2.21. The number of rotatable bonds is 3. The zero-order valence-corrected chi connectivity index (χ0v) is 11.9. The average molecular weight is 335 g/mol. The van der Waals surface area contributed by atoms with Gasteiger partial charge in [-0.15, -0.1) is 0 Å². The third-order valence-corrected chi connectivity index (χ3v) is 3.87. The molecule has 82 valence electrons. The van der Waals surface area contributed by atoms with Crippen LogP contribution in [-0.2, 0) is 0 Å². The fourth-order valence-corrected chi connectivity index (χ4v) is 1.62. The summed E-state index contributed by atoms with van der Waals surface area (Å²) in [6.07, 6.45) is 0. The number of benzene rings is 1. The first-order valence-corrected chi connectivity index (χ1v) is 6.59. The lowest BCUT2D eigenvalue weighted by atomic mass is 10.1. The second-order valence-electron chi connectivity index (χ2n) is 3.49. The summed E-state index contributed by atoms with van der Waals surface area (Å²) >= 11 is 6.73. The van der Waals surface area contributed by atoms with E-state index in [0.29, 0.717) is 5.56 Å². The van der Waals surface area contributed by atoms with Crippen LogP contribution in [0.3, 0.4) is 0 Å². The van der Waals surface area contributed by atoms with Gasteiger partial charge >= 0.3 is 0 Å². The van der Waals surface area contributed by atoms with E-state index in [-0.39, 0.29) is 11.9 Å². The molecule has 1 aromatic rings. The summed E-state index contributed by atoms with van der Waals surface area (Å²) in [5.41, 5.74) is 1.81. The fraction of sp³-hybridized carbons (Fsp3) is 0.364. The highest BCUT2D eigenvalue weighted by Crippen LogP contribution is 2.17. The molecule has 1 atom stereocenters. The van der Waals surface area contributed by atoms with Crippen LogP contribution >= 0.6 is 31.9 Å². The molecule has 2 nitrogen and oxygen atoms in total. The molecule has 0 fully saturated rings. The van der Waals surface area contributed by atoms with Gasteiger partial charge < -0.3 is 5.32 Å². The van der Waals surface area contributed by atoms with Crippen molar-refractivity contribution < 1.29 is 4.79 Å². The Hall–Kier alpha value is -0.350. The van der Waals surface area contributed by atoms with E-state index in [1.165, 1.54) is 0 Å². The van der Waals surface area contributed by atoms with Crippen molar-refractivity contribution in [3.8, 4) is 0 Å². The first-order chi connectivity index (χ1) is 7.04. The van der Waals surface area contributed by atoms with Gasteiger partial charge in [-0.3, -0.25) is 4.79 Å². The van der Waals surface area contributed by atoms with Crippen LogP contribution in [0.1, 0.15) is 22.8 Å². The predicted octanol–water partition coefficient (Wildman–Crippen LogP) is 3.27. The summed E-state index contributed by atoms with van der Waals surface area (Å²) in [6, 6.07) is 5.73. The Labute approximate surface area is 107 Å². The highest BCUT2D eigenvalue weighted by atomic mass is 79.9. The SMILES string of the molecule is Cc1ccc(C(=O)NC(C)CBr)cc1Br. The zero-order chi connectivity index (χ0) is 11.4. The molecule has 0 heterocycles. The second kappa shape index (κ2) is 5.66. The Balaban J connectivity index is 2.78. The third kappa shape index (κ3) is 3.61. The van der Waals surface area contributed by atoms with Crippen molar-refractivity contribution >= 4 is 37.8 Å². The molecule has 1 aromatic carbocycles. The first kappa shape index (κ1) is 12.7.